The molecular formula is C29H54O. The molecule has 1 nitrogen and oxygen atoms in total. The minimum absolute atomic E-state index is 0.526. The van der Waals surface area contributed by atoms with Gasteiger partial charge in [0.05, 0.1) is 12.7 Å². The zero-order valence-corrected chi connectivity index (χ0v) is 20.8. The van der Waals surface area contributed by atoms with Gasteiger partial charge in [0.2, 0.25) is 0 Å². The molecule has 3 fully saturated rings. The molecule has 0 atom stereocenters. The molecule has 0 aromatic rings. The molecule has 0 spiro atoms. The van der Waals surface area contributed by atoms with E-state index in [2.05, 4.69) is 13.8 Å². The van der Waals surface area contributed by atoms with Gasteiger partial charge in [0.25, 0.3) is 0 Å². The third-order valence-corrected chi connectivity index (χ3v) is 9.35. The molecule has 0 bridgehead atoms. The maximum Gasteiger partial charge on any atom is 0.0575 e. The van der Waals surface area contributed by atoms with E-state index in [4.69, 9.17) is 4.74 Å². The van der Waals surface area contributed by atoms with Gasteiger partial charge in [-0.15, -0.1) is 0 Å². The fourth-order valence-electron chi connectivity index (χ4n) is 7.11. The van der Waals surface area contributed by atoms with E-state index in [1.54, 1.807) is 0 Å². The predicted molar refractivity (Wildman–Crippen MR) is 131 cm³/mol. The number of ether oxygens (including phenoxy) is 1. The van der Waals surface area contributed by atoms with Crippen molar-refractivity contribution in [2.75, 3.05) is 6.61 Å². The number of unbranched alkanes of at least 4 members (excludes halogenated alkanes) is 4. The van der Waals surface area contributed by atoms with Crippen LogP contribution in [-0.2, 0) is 4.74 Å². The Labute approximate surface area is 189 Å². The zero-order chi connectivity index (χ0) is 21.1. The molecule has 0 aromatic heterocycles. The van der Waals surface area contributed by atoms with Crippen LogP contribution in [0.15, 0.2) is 0 Å². The highest BCUT2D eigenvalue weighted by molar-refractivity contribution is 4.89. The SMILES string of the molecule is CCCCCC1CCC(OCC2(CCCCC)CCC(C3CCCCC3)CC2)CC1. The summed E-state index contributed by atoms with van der Waals surface area (Å²) < 4.78 is 6.71. The lowest BCUT2D eigenvalue weighted by Gasteiger charge is -2.44. The maximum atomic E-state index is 6.71. The first-order chi connectivity index (χ1) is 14.7. The van der Waals surface area contributed by atoms with Crippen LogP contribution in [0.5, 0.6) is 0 Å². The van der Waals surface area contributed by atoms with Crippen molar-refractivity contribution in [1.82, 2.24) is 0 Å². The van der Waals surface area contributed by atoms with Gasteiger partial charge in [0.15, 0.2) is 0 Å². The average Bonchev–Trinajstić information content (AvgIpc) is 2.80. The Morgan fingerprint density at radius 3 is 1.97 bits per heavy atom. The fourth-order valence-corrected chi connectivity index (χ4v) is 7.11. The van der Waals surface area contributed by atoms with E-state index in [0.717, 1.165) is 24.4 Å². The summed E-state index contributed by atoms with van der Waals surface area (Å²) in [7, 11) is 0. The van der Waals surface area contributed by atoms with Crippen LogP contribution < -0.4 is 0 Å². The molecule has 0 amide bonds. The fraction of sp³-hybridized carbons (Fsp3) is 1.00. The van der Waals surface area contributed by atoms with E-state index in [0.29, 0.717) is 11.5 Å². The van der Waals surface area contributed by atoms with Crippen molar-refractivity contribution in [1.29, 1.82) is 0 Å². The van der Waals surface area contributed by atoms with Crippen LogP contribution in [0.2, 0.25) is 0 Å². The molecular weight excluding hydrogens is 364 g/mol. The minimum atomic E-state index is 0.526. The van der Waals surface area contributed by atoms with Crippen LogP contribution in [0.1, 0.15) is 149 Å². The van der Waals surface area contributed by atoms with Crippen molar-refractivity contribution < 1.29 is 4.74 Å². The van der Waals surface area contributed by atoms with E-state index in [1.807, 2.05) is 0 Å². The molecule has 0 aliphatic heterocycles. The minimum Gasteiger partial charge on any atom is -0.378 e. The zero-order valence-electron chi connectivity index (χ0n) is 20.8. The summed E-state index contributed by atoms with van der Waals surface area (Å²) in [6.07, 6.45) is 31.0. The van der Waals surface area contributed by atoms with Crippen LogP contribution in [-0.4, -0.2) is 12.7 Å². The first-order valence-corrected chi connectivity index (χ1v) is 14.4. The second-order valence-electron chi connectivity index (χ2n) is 11.6. The highest BCUT2D eigenvalue weighted by Crippen LogP contribution is 2.48. The molecule has 30 heavy (non-hydrogen) atoms. The van der Waals surface area contributed by atoms with Gasteiger partial charge in [-0.05, 0) is 81.0 Å². The first kappa shape index (κ1) is 24.6. The molecule has 0 N–H and O–H groups in total. The maximum absolute atomic E-state index is 6.71. The molecule has 3 aliphatic rings. The summed E-state index contributed by atoms with van der Waals surface area (Å²) in [5.74, 6) is 3.11. The van der Waals surface area contributed by atoms with Crippen LogP contribution in [0.4, 0.5) is 0 Å². The summed E-state index contributed by atoms with van der Waals surface area (Å²) >= 11 is 0. The Hall–Kier alpha value is -0.0400. The van der Waals surface area contributed by atoms with Gasteiger partial charge < -0.3 is 4.74 Å². The Kier molecular flexibility index (Phi) is 11.1. The van der Waals surface area contributed by atoms with E-state index < -0.39 is 0 Å². The van der Waals surface area contributed by atoms with Crippen LogP contribution in [0.3, 0.4) is 0 Å². The Morgan fingerprint density at radius 1 is 0.667 bits per heavy atom. The van der Waals surface area contributed by atoms with Crippen LogP contribution in [0, 0.1) is 23.2 Å². The number of hydrogen-bond acceptors (Lipinski definition) is 1. The largest absolute Gasteiger partial charge is 0.378 e. The topological polar surface area (TPSA) is 9.23 Å². The Balaban J connectivity index is 1.42. The molecule has 0 heterocycles. The van der Waals surface area contributed by atoms with Crippen molar-refractivity contribution in [3.63, 3.8) is 0 Å². The third-order valence-electron chi connectivity index (χ3n) is 9.35. The lowest BCUT2D eigenvalue weighted by Crippen LogP contribution is -2.36. The molecule has 3 saturated carbocycles. The lowest BCUT2D eigenvalue weighted by atomic mass is 9.64. The normalized spacial score (nSPS) is 33.6. The monoisotopic (exact) mass is 418 g/mol. The second kappa shape index (κ2) is 13.5. The van der Waals surface area contributed by atoms with E-state index in [1.165, 1.54) is 135 Å². The molecule has 0 radical (unpaired) electrons. The summed E-state index contributed by atoms with van der Waals surface area (Å²) in [6, 6.07) is 0. The highest BCUT2D eigenvalue weighted by atomic mass is 16.5. The Morgan fingerprint density at radius 2 is 1.30 bits per heavy atom. The summed E-state index contributed by atoms with van der Waals surface area (Å²) in [5.41, 5.74) is 0.526. The molecule has 0 unspecified atom stereocenters. The predicted octanol–water partition coefficient (Wildman–Crippen LogP) is 9.48. The Bertz CT molecular complexity index is 422. The van der Waals surface area contributed by atoms with Gasteiger partial charge in [-0.1, -0.05) is 90.9 Å². The first-order valence-electron chi connectivity index (χ1n) is 14.4. The summed E-state index contributed by atoms with van der Waals surface area (Å²) in [5, 5.41) is 0. The van der Waals surface area contributed by atoms with E-state index in [-0.39, 0.29) is 0 Å². The molecule has 3 rings (SSSR count). The molecule has 176 valence electrons. The highest BCUT2D eigenvalue weighted by Gasteiger charge is 2.38. The number of rotatable bonds is 12. The molecule has 0 aromatic carbocycles. The second-order valence-corrected chi connectivity index (χ2v) is 11.6. The van der Waals surface area contributed by atoms with Gasteiger partial charge in [-0.3, -0.25) is 0 Å². The molecule has 3 aliphatic carbocycles. The van der Waals surface area contributed by atoms with Gasteiger partial charge in [0.1, 0.15) is 0 Å². The van der Waals surface area contributed by atoms with Crippen LogP contribution in [0.25, 0.3) is 0 Å². The van der Waals surface area contributed by atoms with E-state index >= 15 is 0 Å². The van der Waals surface area contributed by atoms with Gasteiger partial charge in [-0.2, -0.15) is 0 Å². The van der Waals surface area contributed by atoms with Crippen LogP contribution >= 0.6 is 0 Å². The van der Waals surface area contributed by atoms with Gasteiger partial charge >= 0.3 is 0 Å². The van der Waals surface area contributed by atoms with Gasteiger partial charge in [-0.25, -0.2) is 0 Å². The third kappa shape index (κ3) is 7.83. The van der Waals surface area contributed by atoms with Crippen molar-refractivity contribution in [3.8, 4) is 0 Å². The van der Waals surface area contributed by atoms with Gasteiger partial charge in [0, 0.05) is 0 Å². The summed E-state index contributed by atoms with van der Waals surface area (Å²) in [4.78, 5) is 0. The lowest BCUT2D eigenvalue weighted by molar-refractivity contribution is -0.0566. The van der Waals surface area contributed by atoms with Crippen molar-refractivity contribution in [2.24, 2.45) is 23.2 Å². The number of hydrogen-bond donors (Lipinski definition) is 0. The average molecular weight is 419 g/mol. The standard InChI is InChI=1S/C29H54O/c1-3-5-8-12-25-15-17-28(18-16-25)30-24-29(21-11-6-4-2)22-19-27(20-23-29)26-13-9-7-10-14-26/h25-28H,3-24H2,1-2H3. The molecule has 1 heteroatoms. The quantitative estimate of drug-likeness (QED) is 0.287. The molecule has 0 saturated heterocycles. The summed E-state index contributed by atoms with van der Waals surface area (Å²) in [6.45, 7) is 5.76. The van der Waals surface area contributed by atoms with E-state index in [9.17, 15) is 0 Å². The van der Waals surface area contributed by atoms with Crippen molar-refractivity contribution >= 4 is 0 Å². The smallest absolute Gasteiger partial charge is 0.0575 e. The van der Waals surface area contributed by atoms with Crippen molar-refractivity contribution in [3.05, 3.63) is 0 Å². The van der Waals surface area contributed by atoms with Crippen molar-refractivity contribution in [2.45, 2.75) is 155 Å².